The van der Waals surface area contributed by atoms with E-state index >= 15 is 0 Å². The molecule has 3 rings (SSSR count). The Morgan fingerprint density at radius 2 is 1.90 bits per heavy atom. The molecule has 6 nitrogen and oxygen atoms in total. The van der Waals surface area contributed by atoms with Crippen molar-refractivity contribution < 1.29 is 4.74 Å². The van der Waals surface area contributed by atoms with Gasteiger partial charge in [0.25, 0.3) is 0 Å². The molecule has 0 atom stereocenters. The Hall–Kier alpha value is -1.63. The first-order valence-corrected chi connectivity index (χ1v) is 11.6. The zero-order chi connectivity index (χ0) is 21.4. The number of aryl methyl sites for hydroxylation is 1. The molecule has 6 heteroatoms. The highest BCUT2D eigenvalue weighted by Gasteiger charge is 2.34. The smallest absolute Gasteiger partial charge is 0.191 e. The lowest BCUT2D eigenvalue weighted by Gasteiger charge is -2.42. The van der Waals surface area contributed by atoms with E-state index in [-0.39, 0.29) is 5.54 Å². The molecule has 2 N–H and O–H groups in total. The number of nitrogens with zero attached hydrogens (tertiary/aromatic N) is 3. The second-order valence-electron chi connectivity index (χ2n) is 9.05. The summed E-state index contributed by atoms with van der Waals surface area (Å²) in [5, 5.41) is 7.17. The van der Waals surface area contributed by atoms with Crippen LogP contribution in [0.15, 0.2) is 29.3 Å². The third-order valence-electron chi connectivity index (χ3n) is 6.83. The van der Waals surface area contributed by atoms with Crippen molar-refractivity contribution >= 4 is 5.96 Å². The molecule has 0 bridgehead atoms. The van der Waals surface area contributed by atoms with Crippen LogP contribution in [-0.2, 0) is 11.3 Å². The number of guanidine groups is 1. The van der Waals surface area contributed by atoms with E-state index in [4.69, 9.17) is 9.73 Å². The largest absolute Gasteiger partial charge is 0.381 e. The molecule has 0 aromatic heterocycles. The van der Waals surface area contributed by atoms with Gasteiger partial charge >= 0.3 is 0 Å². The summed E-state index contributed by atoms with van der Waals surface area (Å²) in [6.07, 6.45) is 4.40. The fraction of sp³-hybridized carbons (Fsp3) is 0.708. The molecule has 2 aliphatic heterocycles. The van der Waals surface area contributed by atoms with Crippen LogP contribution in [-0.4, -0.2) is 80.8 Å². The number of likely N-dealkylation sites (N-methyl/N-ethyl adjacent to an activating group) is 1. The van der Waals surface area contributed by atoms with Crippen molar-refractivity contribution in [3.8, 4) is 0 Å². The Morgan fingerprint density at radius 3 is 2.53 bits per heavy atom. The van der Waals surface area contributed by atoms with E-state index in [9.17, 15) is 0 Å². The predicted molar refractivity (Wildman–Crippen MR) is 125 cm³/mol. The van der Waals surface area contributed by atoms with Gasteiger partial charge < -0.3 is 20.3 Å². The maximum Gasteiger partial charge on any atom is 0.191 e. The summed E-state index contributed by atoms with van der Waals surface area (Å²) in [4.78, 5) is 9.92. The Labute approximate surface area is 183 Å². The fourth-order valence-electron chi connectivity index (χ4n) is 4.50. The van der Waals surface area contributed by atoms with Gasteiger partial charge in [0.2, 0.25) is 0 Å². The second-order valence-corrected chi connectivity index (χ2v) is 9.05. The quantitative estimate of drug-likeness (QED) is 0.530. The third-order valence-corrected chi connectivity index (χ3v) is 6.83. The van der Waals surface area contributed by atoms with Gasteiger partial charge in [0.15, 0.2) is 5.96 Å². The first-order valence-electron chi connectivity index (χ1n) is 11.6. The van der Waals surface area contributed by atoms with E-state index in [1.54, 1.807) is 0 Å². The maximum atomic E-state index is 5.60. The van der Waals surface area contributed by atoms with Gasteiger partial charge in [0.05, 0.1) is 6.54 Å². The lowest BCUT2D eigenvalue weighted by Crippen LogP contribution is -2.53. The average Bonchev–Trinajstić information content (AvgIpc) is 2.76. The van der Waals surface area contributed by atoms with Gasteiger partial charge in [0.1, 0.15) is 0 Å². The van der Waals surface area contributed by atoms with Crippen molar-refractivity contribution in [1.29, 1.82) is 0 Å². The Balaban J connectivity index is 1.53. The van der Waals surface area contributed by atoms with E-state index in [1.807, 2.05) is 0 Å². The minimum Gasteiger partial charge on any atom is -0.381 e. The number of rotatable bonds is 7. The summed E-state index contributed by atoms with van der Waals surface area (Å²) in [7, 11) is 4.34. The number of benzene rings is 1. The standard InChI is InChI=1S/C24H41N5O/c1-5-25-23(26-19-24(28(3)4)12-16-30-17-13-24)27-22-10-14-29(15-11-22)18-21-9-7-6-8-20(21)2/h6-9,22H,5,10-19H2,1-4H3,(H2,25,26,27). The van der Waals surface area contributed by atoms with Gasteiger partial charge in [-0.2, -0.15) is 0 Å². The lowest BCUT2D eigenvalue weighted by atomic mass is 9.89. The molecule has 2 aliphatic rings. The van der Waals surface area contributed by atoms with E-state index < -0.39 is 0 Å². The SMILES string of the molecule is CCNC(=NCC1(N(C)C)CCOCC1)NC1CCN(Cc2ccccc2C)CC1. The molecular weight excluding hydrogens is 374 g/mol. The molecule has 1 aromatic rings. The predicted octanol–water partition coefficient (Wildman–Crippen LogP) is 2.63. The number of aliphatic imine (C=N–C) groups is 1. The van der Waals surface area contributed by atoms with Crippen molar-refractivity contribution in [2.45, 2.75) is 57.7 Å². The summed E-state index contributed by atoms with van der Waals surface area (Å²) >= 11 is 0. The van der Waals surface area contributed by atoms with Crippen LogP contribution in [0.2, 0.25) is 0 Å². The van der Waals surface area contributed by atoms with Crippen LogP contribution in [0.5, 0.6) is 0 Å². The molecule has 0 amide bonds. The van der Waals surface area contributed by atoms with Crippen LogP contribution in [0.25, 0.3) is 0 Å². The Bertz CT molecular complexity index is 676. The van der Waals surface area contributed by atoms with Crippen molar-refractivity contribution in [2.24, 2.45) is 4.99 Å². The molecule has 0 unspecified atom stereocenters. The Morgan fingerprint density at radius 1 is 1.20 bits per heavy atom. The number of nitrogens with one attached hydrogen (secondary N) is 2. The molecule has 0 radical (unpaired) electrons. The van der Waals surface area contributed by atoms with Crippen molar-refractivity contribution in [3.63, 3.8) is 0 Å². The minimum absolute atomic E-state index is 0.109. The topological polar surface area (TPSA) is 52.1 Å². The molecule has 0 spiro atoms. The highest BCUT2D eigenvalue weighted by atomic mass is 16.5. The summed E-state index contributed by atoms with van der Waals surface area (Å²) in [6, 6.07) is 9.22. The highest BCUT2D eigenvalue weighted by Crippen LogP contribution is 2.26. The van der Waals surface area contributed by atoms with Crippen LogP contribution in [0, 0.1) is 6.92 Å². The number of hydrogen-bond donors (Lipinski definition) is 2. The first-order chi connectivity index (χ1) is 14.5. The lowest BCUT2D eigenvalue weighted by molar-refractivity contribution is -0.00256. The summed E-state index contributed by atoms with van der Waals surface area (Å²) in [6.45, 7) is 11.0. The van der Waals surface area contributed by atoms with Gasteiger partial charge in [-0.05, 0) is 64.8 Å². The van der Waals surface area contributed by atoms with Crippen LogP contribution < -0.4 is 10.6 Å². The summed E-state index contributed by atoms with van der Waals surface area (Å²) in [5.41, 5.74) is 2.95. The van der Waals surface area contributed by atoms with Crippen molar-refractivity contribution in [3.05, 3.63) is 35.4 Å². The third kappa shape index (κ3) is 6.19. The maximum absolute atomic E-state index is 5.60. The Kier molecular flexibility index (Phi) is 8.54. The highest BCUT2D eigenvalue weighted by molar-refractivity contribution is 5.80. The molecule has 2 saturated heterocycles. The first kappa shape index (κ1) is 23.0. The van der Waals surface area contributed by atoms with Gasteiger partial charge in [-0.3, -0.25) is 9.89 Å². The van der Waals surface area contributed by atoms with Crippen LogP contribution in [0.1, 0.15) is 43.7 Å². The molecule has 0 saturated carbocycles. The molecule has 2 fully saturated rings. The molecule has 0 aliphatic carbocycles. The summed E-state index contributed by atoms with van der Waals surface area (Å²) < 4.78 is 5.60. The molecule has 168 valence electrons. The second kappa shape index (κ2) is 11.1. The van der Waals surface area contributed by atoms with Crippen LogP contribution >= 0.6 is 0 Å². The van der Waals surface area contributed by atoms with E-state index in [2.05, 4.69) is 72.6 Å². The van der Waals surface area contributed by atoms with E-state index in [0.29, 0.717) is 6.04 Å². The zero-order valence-corrected chi connectivity index (χ0v) is 19.4. The number of likely N-dealkylation sites (tertiary alicyclic amines) is 1. The van der Waals surface area contributed by atoms with Crippen molar-refractivity contribution in [2.75, 3.05) is 53.5 Å². The van der Waals surface area contributed by atoms with Gasteiger partial charge in [-0.25, -0.2) is 0 Å². The molecule has 30 heavy (non-hydrogen) atoms. The van der Waals surface area contributed by atoms with Crippen LogP contribution in [0.4, 0.5) is 0 Å². The van der Waals surface area contributed by atoms with E-state index in [0.717, 1.165) is 77.6 Å². The van der Waals surface area contributed by atoms with E-state index in [1.165, 1.54) is 11.1 Å². The molecule has 2 heterocycles. The average molecular weight is 416 g/mol. The number of piperidine rings is 1. The number of ether oxygens (including phenoxy) is 1. The molecule has 1 aromatic carbocycles. The fourth-order valence-corrected chi connectivity index (χ4v) is 4.50. The summed E-state index contributed by atoms with van der Waals surface area (Å²) in [5.74, 6) is 0.961. The van der Waals surface area contributed by atoms with Gasteiger partial charge in [-0.15, -0.1) is 0 Å². The van der Waals surface area contributed by atoms with Gasteiger partial charge in [-0.1, -0.05) is 24.3 Å². The van der Waals surface area contributed by atoms with Gasteiger partial charge in [0, 0.05) is 51.0 Å². The molecular formula is C24H41N5O. The monoisotopic (exact) mass is 415 g/mol. The van der Waals surface area contributed by atoms with Crippen LogP contribution in [0.3, 0.4) is 0 Å². The normalized spacial score (nSPS) is 21.0. The number of hydrogen-bond acceptors (Lipinski definition) is 4. The zero-order valence-electron chi connectivity index (χ0n) is 19.4. The van der Waals surface area contributed by atoms with Crippen molar-refractivity contribution in [1.82, 2.24) is 20.4 Å². The minimum atomic E-state index is 0.109.